The first kappa shape index (κ1) is 15.7. The monoisotopic (exact) mass is 283 g/mol. The van der Waals surface area contributed by atoms with Gasteiger partial charge in [0, 0.05) is 31.6 Å². The Morgan fingerprint density at radius 1 is 1.35 bits per heavy atom. The molecule has 1 saturated carbocycles. The van der Waals surface area contributed by atoms with Crippen LogP contribution in [0.4, 0.5) is 0 Å². The van der Waals surface area contributed by atoms with E-state index in [4.69, 9.17) is 10.5 Å². The van der Waals surface area contributed by atoms with Crippen LogP contribution >= 0.6 is 0 Å². The molecular weight excluding hydrogens is 254 g/mol. The van der Waals surface area contributed by atoms with E-state index in [-0.39, 0.29) is 24.0 Å². The third-order valence-corrected chi connectivity index (χ3v) is 4.87. The summed E-state index contributed by atoms with van der Waals surface area (Å²) in [7, 11) is 2.08. The summed E-state index contributed by atoms with van der Waals surface area (Å²) in [4.78, 5) is 14.6. The zero-order valence-electron chi connectivity index (χ0n) is 13.0. The smallest absolute Gasteiger partial charge is 0.223 e. The van der Waals surface area contributed by atoms with Gasteiger partial charge >= 0.3 is 0 Å². The van der Waals surface area contributed by atoms with Crippen molar-refractivity contribution in [1.29, 1.82) is 0 Å². The van der Waals surface area contributed by atoms with Gasteiger partial charge in [0.05, 0.1) is 12.7 Å². The molecule has 5 heteroatoms. The van der Waals surface area contributed by atoms with Crippen LogP contribution in [0.1, 0.15) is 26.7 Å². The molecule has 5 atom stereocenters. The standard InChI is InChI=1S/C15H29N3O2/c1-10-6-11(2)14(16)7-13(10)15(19)17-8-12-9-18(3)4-5-20-12/h10-14H,4-9,16H2,1-3H3,(H,17,19). The van der Waals surface area contributed by atoms with Crippen molar-refractivity contribution in [1.82, 2.24) is 10.2 Å². The second-order valence-corrected chi connectivity index (χ2v) is 6.70. The van der Waals surface area contributed by atoms with Gasteiger partial charge in [0.1, 0.15) is 0 Å². The van der Waals surface area contributed by atoms with E-state index in [1.165, 1.54) is 0 Å². The number of nitrogens with zero attached hydrogens (tertiary/aromatic N) is 1. The van der Waals surface area contributed by atoms with Crippen molar-refractivity contribution >= 4 is 5.91 Å². The predicted molar refractivity (Wildman–Crippen MR) is 79.3 cm³/mol. The van der Waals surface area contributed by atoms with Gasteiger partial charge in [-0.05, 0) is 31.7 Å². The second kappa shape index (κ2) is 6.87. The summed E-state index contributed by atoms with van der Waals surface area (Å²) in [6.45, 7) is 7.56. The highest BCUT2D eigenvalue weighted by molar-refractivity contribution is 5.79. The number of likely N-dealkylation sites (N-methyl/N-ethyl adjacent to an activating group) is 1. The number of amides is 1. The van der Waals surface area contributed by atoms with E-state index in [0.29, 0.717) is 18.4 Å². The SMILES string of the molecule is CC1CC(C)C(C(=O)NCC2CN(C)CCO2)CC1N. The lowest BCUT2D eigenvalue weighted by molar-refractivity contribution is -0.129. The topological polar surface area (TPSA) is 67.6 Å². The van der Waals surface area contributed by atoms with Crippen molar-refractivity contribution in [2.75, 3.05) is 33.3 Å². The maximum Gasteiger partial charge on any atom is 0.223 e. The fraction of sp³-hybridized carbons (Fsp3) is 0.933. The largest absolute Gasteiger partial charge is 0.374 e. The fourth-order valence-corrected chi connectivity index (χ4v) is 3.38. The van der Waals surface area contributed by atoms with E-state index >= 15 is 0 Å². The van der Waals surface area contributed by atoms with Crippen LogP contribution in [0.15, 0.2) is 0 Å². The van der Waals surface area contributed by atoms with E-state index in [1.807, 2.05) is 0 Å². The first-order chi connectivity index (χ1) is 9.47. The van der Waals surface area contributed by atoms with Crippen molar-refractivity contribution in [3.05, 3.63) is 0 Å². The van der Waals surface area contributed by atoms with Crippen LogP contribution in [0, 0.1) is 17.8 Å². The quantitative estimate of drug-likeness (QED) is 0.789. The van der Waals surface area contributed by atoms with Crippen molar-refractivity contribution in [2.24, 2.45) is 23.5 Å². The van der Waals surface area contributed by atoms with Gasteiger partial charge in [-0.2, -0.15) is 0 Å². The van der Waals surface area contributed by atoms with E-state index < -0.39 is 0 Å². The fourth-order valence-electron chi connectivity index (χ4n) is 3.38. The van der Waals surface area contributed by atoms with Crippen LogP contribution in [-0.4, -0.2) is 56.2 Å². The molecule has 2 aliphatic rings. The number of rotatable bonds is 3. The number of morpholine rings is 1. The Hall–Kier alpha value is -0.650. The summed E-state index contributed by atoms with van der Waals surface area (Å²) in [5, 5.41) is 3.06. The number of ether oxygens (including phenoxy) is 1. The summed E-state index contributed by atoms with van der Waals surface area (Å²) in [6, 6.07) is 0.152. The predicted octanol–water partition coefficient (Wildman–Crippen LogP) is 0.443. The van der Waals surface area contributed by atoms with Crippen LogP contribution in [0.3, 0.4) is 0 Å². The molecule has 1 saturated heterocycles. The summed E-state index contributed by atoms with van der Waals surface area (Å²) in [6.07, 6.45) is 1.96. The molecule has 0 bridgehead atoms. The molecule has 0 aromatic heterocycles. The normalized spacial score (nSPS) is 39.5. The van der Waals surface area contributed by atoms with Gasteiger partial charge in [0.15, 0.2) is 0 Å². The summed E-state index contributed by atoms with van der Waals surface area (Å²) < 4.78 is 5.67. The number of carbonyl (C=O) groups excluding carboxylic acids is 1. The average Bonchev–Trinajstić information content (AvgIpc) is 2.40. The van der Waals surface area contributed by atoms with E-state index in [9.17, 15) is 4.79 Å². The summed E-state index contributed by atoms with van der Waals surface area (Å²) >= 11 is 0. The Labute approximate surface area is 122 Å². The van der Waals surface area contributed by atoms with Crippen molar-refractivity contribution < 1.29 is 9.53 Å². The van der Waals surface area contributed by atoms with E-state index in [1.54, 1.807) is 0 Å². The third kappa shape index (κ3) is 3.93. The molecule has 1 aliphatic heterocycles. The molecule has 0 aromatic carbocycles. The van der Waals surface area contributed by atoms with Gasteiger partial charge in [0.25, 0.3) is 0 Å². The molecule has 3 N–H and O–H groups in total. The minimum absolute atomic E-state index is 0.0579. The molecule has 5 nitrogen and oxygen atoms in total. The van der Waals surface area contributed by atoms with Gasteiger partial charge in [0.2, 0.25) is 5.91 Å². The average molecular weight is 283 g/mol. The lowest BCUT2D eigenvalue weighted by Crippen LogP contribution is -2.49. The van der Waals surface area contributed by atoms with Gasteiger partial charge < -0.3 is 20.7 Å². The van der Waals surface area contributed by atoms with Gasteiger partial charge in [-0.15, -0.1) is 0 Å². The highest BCUT2D eigenvalue weighted by Gasteiger charge is 2.35. The molecule has 116 valence electrons. The molecule has 1 aliphatic carbocycles. The van der Waals surface area contributed by atoms with Crippen LogP contribution in [0.5, 0.6) is 0 Å². The van der Waals surface area contributed by atoms with Gasteiger partial charge in [-0.25, -0.2) is 0 Å². The van der Waals surface area contributed by atoms with E-state index in [2.05, 4.69) is 31.1 Å². The maximum atomic E-state index is 12.3. The molecule has 20 heavy (non-hydrogen) atoms. The Balaban J connectivity index is 1.79. The minimum Gasteiger partial charge on any atom is -0.374 e. The molecule has 0 aromatic rings. The van der Waals surface area contributed by atoms with Crippen LogP contribution < -0.4 is 11.1 Å². The third-order valence-electron chi connectivity index (χ3n) is 4.87. The maximum absolute atomic E-state index is 12.3. The minimum atomic E-state index is 0.0579. The van der Waals surface area contributed by atoms with Crippen LogP contribution in [-0.2, 0) is 9.53 Å². The Morgan fingerprint density at radius 2 is 2.10 bits per heavy atom. The number of hydrogen-bond acceptors (Lipinski definition) is 4. The zero-order chi connectivity index (χ0) is 14.7. The number of carbonyl (C=O) groups is 1. The molecule has 0 spiro atoms. The first-order valence-electron chi connectivity index (χ1n) is 7.80. The zero-order valence-corrected chi connectivity index (χ0v) is 13.0. The molecule has 2 fully saturated rings. The van der Waals surface area contributed by atoms with Gasteiger partial charge in [-0.3, -0.25) is 4.79 Å². The lowest BCUT2D eigenvalue weighted by Gasteiger charge is -2.36. The molecule has 1 heterocycles. The van der Waals surface area contributed by atoms with E-state index in [0.717, 1.165) is 32.5 Å². The molecule has 1 amide bonds. The van der Waals surface area contributed by atoms with Crippen LogP contribution in [0.2, 0.25) is 0 Å². The first-order valence-corrected chi connectivity index (χ1v) is 7.80. The highest BCUT2D eigenvalue weighted by Crippen LogP contribution is 2.32. The number of nitrogens with one attached hydrogen (secondary N) is 1. The molecule has 0 radical (unpaired) electrons. The second-order valence-electron chi connectivity index (χ2n) is 6.70. The van der Waals surface area contributed by atoms with Crippen molar-refractivity contribution in [2.45, 2.75) is 38.8 Å². The van der Waals surface area contributed by atoms with Gasteiger partial charge in [-0.1, -0.05) is 13.8 Å². The Morgan fingerprint density at radius 3 is 2.80 bits per heavy atom. The molecule has 5 unspecified atom stereocenters. The highest BCUT2D eigenvalue weighted by atomic mass is 16.5. The van der Waals surface area contributed by atoms with Crippen molar-refractivity contribution in [3.8, 4) is 0 Å². The lowest BCUT2D eigenvalue weighted by atomic mass is 9.72. The molecular formula is C15H29N3O2. The summed E-state index contributed by atoms with van der Waals surface area (Å²) in [5.41, 5.74) is 6.11. The number of nitrogens with two attached hydrogens (primary N) is 1. The molecule has 2 rings (SSSR count). The summed E-state index contributed by atoms with van der Waals surface area (Å²) in [5.74, 6) is 1.14. The Kier molecular flexibility index (Phi) is 5.41. The van der Waals surface area contributed by atoms with Crippen molar-refractivity contribution in [3.63, 3.8) is 0 Å². The number of hydrogen-bond donors (Lipinski definition) is 2. The van der Waals surface area contributed by atoms with Crippen LogP contribution in [0.25, 0.3) is 0 Å². The Bertz CT molecular complexity index is 337.